The second-order valence-electron chi connectivity index (χ2n) is 9.92. The van der Waals surface area contributed by atoms with Crippen LogP contribution in [-0.2, 0) is 16.8 Å². The molecule has 34 heavy (non-hydrogen) atoms. The van der Waals surface area contributed by atoms with Crippen molar-refractivity contribution < 1.29 is 9.59 Å². The normalized spacial score (nSPS) is 21.3. The summed E-state index contributed by atoms with van der Waals surface area (Å²) in [5.74, 6) is 0.554. The summed E-state index contributed by atoms with van der Waals surface area (Å²) in [6.07, 6.45) is 1.94. The number of benzene rings is 1. The average molecular weight is 465 g/mol. The van der Waals surface area contributed by atoms with Crippen molar-refractivity contribution in [3.8, 4) is 0 Å². The molecule has 182 valence electrons. The number of carbonyl (C=O) groups excluding carboxylic acids is 2. The molecule has 2 aromatic rings. The number of likely N-dealkylation sites (tertiary alicyclic amines) is 1. The molecule has 2 saturated heterocycles. The molecule has 1 atom stereocenters. The number of hydrogen-bond donors (Lipinski definition) is 1. The van der Waals surface area contributed by atoms with Crippen LogP contribution in [0.3, 0.4) is 0 Å². The van der Waals surface area contributed by atoms with Gasteiger partial charge in [-0.05, 0) is 51.5 Å². The summed E-state index contributed by atoms with van der Waals surface area (Å²) in [6, 6.07) is 11.5. The molecule has 4 rings (SSSR count). The molecule has 0 radical (unpaired) electrons. The van der Waals surface area contributed by atoms with E-state index in [1.807, 2.05) is 25.1 Å². The fourth-order valence-electron chi connectivity index (χ4n) is 4.87. The van der Waals surface area contributed by atoms with Gasteiger partial charge in [-0.15, -0.1) is 0 Å². The number of rotatable bonds is 5. The molecule has 8 nitrogen and oxygen atoms in total. The maximum absolute atomic E-state index is 13.5. The van der Waals surface area contributed by atoms with E-state index in [9.17, 15) is 9.59 Å². The summed E-state index contributed by atoms with van der Waals surface area (Å²) in [4.78, 5) is 42.0. The molecular weight excluding hydrogens is 428 g/mol. The van der Waals surface area contributed by atoms with Crippen molar-refractivity contribution in [2.24, 2.45) is 0 Å². The van der Waals surface area contributed by atoms with Crippen molar-refractivity contribution in [1.29, 1.82) is 0 Å². The van der Waals surface area contributed by atoms with Crippen LogP contribution in [0.1, 0.15) is 47.3 Å². The van der Waals surface area contributed by atoms with E-state index in [0.29, 0.717) is 31.9 Å². The Labute approximate surface area is 202 Å². The predicted molar refractivity (Wildman–Crippen MR) is 131 cm³/mol. The lowest BCUT2D eigenvalue weighted by Crippen LogP contribution is -2.59. The van der Waals surface area contributed by atoms with Crippen LogP contribution in [-0.4, -0.2) is 89.3 Å². The average Bonchev–Trinajstić information content (AvgIpc) is 2.85. The first-order valence-corrected chi connectivity index (χ1v) is 12.1. The van der Waals surface area contributed by atoms with Crippen LogP contribution in [0.2, 0.25) is 0 Å². The Balaban J connectivity index is 1.53. The zero-order valence-corrected chi connectivity index (χ0v) is 20.8. The van der Waals surface area contributed by atoms with Crippen molar-refractivity contribution in [2.75, 3.05) is 46.8 Å². The van der Waals surface area contributed by atoms with Crippen LogP contribution in [0, 0.1) is 6.92 Å². The number of nitrogens with one attached hydrogen (secondary N) is 1. The van der Waals surface area contributed by atoms with Crippen LogP contribution >= 0.6 is 0 Å². The maximum Gasteiger partial charge on any atom is 0.272 e. The summed E-state index contributed by atoms with van der Waals surface area (Å²) in [5.41, 5.74) is 2.25. The van der Waals surface area contributed by atoms with E-state index in [-0.39, 0.29) is 17.2 Å². The predicted octanol–water partition coefficient (Wildman–Crippen LogP) is 1.84. The maximum atomic E-state index is 13.5. The molecule has 0 unspecified atom stereocenters. The molecule has 0 saturated carbocycles. The van der Waals surface area contributed by atoms with Crippen LogP contribution < -0.4 is 5.32 Å². The van der Waals surface area contributed by atoms with Gasteiger partial charge < -0.3 is 15.1 Å². The molecule has 2 aliphatic heterocycles. The van der Waals surface area contributed by atoms with Crippen molar-refractivity contribution in [2.45, 2.75) is 44.7 Å². The molecule has 3 heterocycles. The Morgan fingerprint density at radius 1 is 1.09 bits per heavy atom. The topological polar surface area (TPSA) is 81.7 Å². The summed E-state index contributed by atoms with van der Waals surface area (Å²) >= 11 is 0. The third kappa shape index (κ3) is 5.28. The lowest BCUT2D eigenvalue weighted by Gasteiger charge is -2.40. The van der Waals surface area contributed by atoms with Crippen LogP contribution in [0.25, 0.3) is 0 Å². The minimum Gasteiger partial charge on any atom is -0.358 e. The van der Waals surface area contributed by atoms with Gasteiger partial charge in [-0.1, -0.05) is 37.3 Å². The molecule has 1 N–H and O–H groups in total. The van der Waals surface area contributed by atoms with Gasteiger partial charge in [0.05, 0.1) is 0 Å². The van der Waals surface area contributed by atoms with Gasteiger partial charge in [0, 0.05) is 44.3 Å². The number of amides is 2. The fourth-order valence-corrected chi connectivity index (χ4v) is 4.87. The Hall–Kier alpha value is -2.84. The summed E-state index contributed by atoms with van der Waals surface area (Å²) in [5, 5.41) is 2.77. The molecule has 0 aliphatic carbocycles. The van der Waals surface area contributed by atoms with E-state index >= 15 is 0 Å². The number of piperazine rings is 1. The molecule has 1 aromatic carbocycles. The van der Waals surface area contributed by atoms with Crippen LogP contribution in [0.15, 0.2) is 36.4 Å². The Morgan fingerprint density at radius 2 is 1.79 bits per heavy atom. The fraction of sp³-hybridized carbons (Fsp3) is 0.538. The number of piperidine rings is 1. The molecule has 2 amide bonds. The van der Waals surface area contributed by atoms with Crippen molar-refractivity contribution in [3.05, 3.63) is 59.2 Å². The minimum atomic E-state index is -0.406. The van der Waals surface area contributed by atoms with Crippen LogP contribution in [0.5, 0.6) is 0 Å². The van der Waals surface area contributed by atoms with Gasteiger partial charge in [0.15, 0.2) is 0 Å². The molecule has 8 heteroatoms. The highest BCUT2D eigenvalue weighted by Gasteiger charge is 2.37. The molecule has 2 fully saturated rings. The van der Waals surface area contributed by atoms with E-state index in [1.54, 1.807) is 18.0 Å². The van der Waals surface area contributed by atoms with E-state index in [4.69, 9.17) is 9.97 Å². The Bertz CT molecular complexity index is 1020. The molecule has 0 spiro atoms. The Kier molecular flexibility index (Phi) is 7.28. The standard InChI is InChI=1S/C26H36N6O2/c1-19-16-21(29-25(28-19)26(2)10-12-30(4)13-11-26)24(34)32-15-14-31(22(18-32)23(33)27-3)17-20-8-6-5-7-9-20/h5-9,16,22H,10-15,17-18H2,1-4H3,(H,27,33)/t22-/m0/s1. The first-order chi connectivity index (χ1) is 16.3. The van der Waals surface area contributed by atoms with Gasteiger partial charge in [-0.3, -0.25) is 14.5 Å². The number of nitrogens with zero attached hydrogens (tertiary/aromatic N) is 5. The third-order valence-electron chi connectivity index (χ3n) is 7.26. The largest absolute Gasteiger partial charge is 0.358 e. The zero-order chi connectivity index (χ0) is 24.3. The van der Waals surface area contributed by atoms with Gasteiger partial charge in [0.1, 0.15) is 17.6 Å². The van der Waals surface area contributed by atoms with E-state index in [1.165, 1.54) is 0 Å². The lowest BCUT2D eigenvalue weighted by atomic mass is 9.79. The van der Waals surface area contributed by atoms with Crippen LogP contribution in [0.4, 0.5) is 0 Å². The molecule has 2 aliphatic rings. The first-order valence-electron chi connectivity index (χ1n) is 12.1. The van der Waals surface area contributed by atoms with E-state index < -0.39 is 6.04 Å². The lowest BCUT2D eigenvalue weighted by molar-refractivity contribution is -0.128. The van der Waals surface area contributed by atoms with Gasteiger partial charge in [0.25, 0.3) is 5.91 Å². The van der Waals surface area contributed by atoms with Gasteiger partial charge in [0.2, 0.25) is 5.91 Å². The smallest absolute Gasteiger partial charge is 0.272 e. The number of likely N-dealkylation sites (N-methyl/N-ethyl adjacent to an activating group) is 1. The summed E-state index contributed by atoms with van der Waals surface area (Å²) < 4.78 is 0. The quantitative estimate of drug-likeness (QED) is 0.727. The summed E-state index contributed by atoms with van der Waals surface area (Å²) in [7, 11) is 3.78. The van der Waals surface area contributed by atoms with E-state index in [2.05, 4.69) is 41.2 Å². The first kappa shape index (κ1) is 24.3. The van der Waals surface area contributed by atoms with Crippen molar-refractivity contribution in [1.82, 2.24) is 30.0 Å². The molecule has 1 aromatic heterocycles. The zero-order valence-electron chi connectivity index (χ0n) is 20.8. The minimum absolute atomic E-state index is 0.0770. The highest BCUT2D eigenvalue weighted by Crippen LogP contribution is 2.32. The second-order valence-corrected chi connectivity index (χ2v) is 9.92. The summed E-state index contributed by atoms with van der Waals surface area (Å²) in [6.45, 7) is 8.30. The highest BCUT2D eigenvalue weighted by atomic mass is 16.2. The number of carbonyl (C=O) groups is 2. The monoisotopic (exact) mass is 464 g/mol. The number of aromatic nitrogens is 2. The molecule has 0 bridgehead atoms. The van der Waals surface area contributed by atoms with Gasteiger partial charge >= 0.3 is 0 Å². The van der Waals surface area contributed by atoms with Crippen molar-refractivity contribution >= 4 is 11.8 Å². The number of hydrogen-bond acceptors (Lipinski definition) is 6. The third-order valence-corrected chi connectivity index (χ3v) is 7.26. The second kappa shape index (κ2) is 10.2. The number of aryl methyl sites for hydroxylation is 1. The van der Waals surface area contributed by atoms with Gasteiger partial charge in [-0.2, -0.15) is 0 Å². The van der Waals surface area contributed by atoms with Crippen molar-refractivity contribution in [3.63, 3.8) is 0 Å². The molecular formula is C26H36N6O2. The highest BCUT2D eigenvalue weighted by molar-refractivity contribution is 5.93. The SMILES string of the molecule is CNC(=O)[C@@H]1CN(C(=O)c2cc(C)nc(C3(C)CCN(C)CC3)n2)CCN1Cc1ccccc1. The van der Waals surface area contributed by atoms with Gasteiger partial charge in [-0.25, -0.2) is 9.97 Å². The Morgan fingerprint density at radius 3 is 2.47 bits per heavy atom. The van der Waals surface area contributed by atoms with E-state index in [0.717, 1.165) is 43.0 Å².